The molecule has 1 saturated heterocycles. The summed E-state index contributed by atoms with van der Waals surface area (Å²) in [6.07, 6.45) is 3.93. The number of pyridine rings is 1. The molecule has 0 bridgehead atoms. The highest BCUT2D eigenvalue weighted by Gasteiger charge is 2.26. The molecule has 0 aliphatic carbocycles. The molecule has 0 spiro atoms. The van der Waals surface area contributed by atoms with E-state index in [0.717, 1.165) is 29.4 Å². The van der Waals surface area contributed by atoms with Gasteiger partial charge in [0.25, 0.3) is 5.56 Å². The smallest absolute Gasteiger partial charge is 0.251 e. The number of anilines is 1. The van der Waals surface area contributed by atoms with E-state index in [2.05, 4.69) is 5.32 Å². The van der Waals surface area contributed by atoms with Gasteiger partial charge < -0.3 is 9.88 Å². The van der Waals surface area contributed by atoms with Crippen LogP contribution in [0.3, 0.4) is 0 Å². The second-order valence-electron chi connectivity index (χ2n) is 6.71. The molecular formula is C19H23N3O4S. The minimum Gasteiger partial charge on any atom is -0.325 e. The van der Waals surface area contributed by atoms with Gasteiger partial charge in [0.05, 0.1) is 4.90 Å². The number of aromatic nitrogens is 1. The highest BCUT2D eigenvalue weighted by Crippen LogP contribution is 2.19. The van der Waals surface area contributed by atoms with Gasteiger partial charge in [0.15, 0.2) is 0 Å². The lowest BCUT2D eigenvalue weighted by Gasteiger charge is -2.26. The van der Waals surface area contributed by atoms with Gasteiger partial charge in [-0.1, -0.05) is 18.6 Å². The van der Waals surface area contributed by atoms with Crippen LogP contribution >= 0.6 is 0 Å². The number of carbonyl (C=O) groups excluding carboxylic acids is 1. The third-order valence-electron chi connectivity index (χ3n) is 4.52. The average molecular weight is 389 g/mol. The fourth-order valence-corrected chi connectivity index (χ4v) is 4.66. The van der Waals surface area contributed by atoms with Crippen molar-refractivity contribution in [1.82, 2.24) is 8.87 Å². The second kappa shape index (κ2) is 8.06. The Morgan fingerprint density at radius 1 is 1.11 bits per heavy atom. The maximum atomic E-state index is 12.8. The number of rotatable bonds is 5. The van der Waals surface area contributed by atoms with Crippen molar-refractivity contribution < 1.29 is 13.2 Å². The molecule has 2 heterocycles. The van der Waals surface area contributed by atoms with Crippen molar-refractivity contribution >= 4 is 21.6 Å². The van der Waals surface area contributed by atoms with E-state index in [1.165, 1.54) is 22.6 Å². The number of sulfonamides is 1. The zero-order valence-corrected chi connectivity index (χ0v) is 16.0. The predicted octanol–water partition coefficient (Wildman–Crippen LogP) is 1.97. The number of carbonyl (C=O) groups is 1. The third kappa shape index (κ3) is 4.64. The van der Waals surface area contributed by atoms with Crippen molar-refractivity contribution in [1.29, 1.82) is 0 Å². The summed E-state index contributed by atoms with van der Waals surface area (Å²) in [4.78, 5) is 24.4. The molecule has 3 rings (SSSR count). The maximum Gasteiger partial charge on any atom is 0.251 e. The maximum absolute atomic E-state index is 12.8. The van der Waals surface area contributed by atoms with Gasteiger partial charge in [-0.2, -0.15) is 4.31 Å². The molecule has 144 valence electrons. The van der Waals surface area contributed by atoms with Crippen molar-refractivity contribution in [3.63, 3.8) is 0 Å². The van der Waals surface area contributed by atoms with Crippen LogP contribution in [0, 0.1) is 6.92 Å². The van der Waals surface area contributed by atoms with Crippen LogP contribution in [0.2, 0.25) is 0 Å². The monoisotopic (exact) mass is 389 g/mol. The Labute approximate surface area is 158 Å². The third-order valence-corrected chi connectivity index (χ3v) is 6.41. The Bertz CT molecular complexity index is 992. The lowest BCUT2D eigenvalue weighted by atomic mass is 10.2. The fourth-order valence-electron chi connectivity index (χ4n) is 3.12. The summed E-state index contributed by atoms with van der Waals surface area (Å²) in [6, 6.07) is 9.80. The molecule has 27 heavy (non-hydrogen) atoms. The molecule has 1 amide bonds. The highest BCUT2D eigenvalue weighted by molar-refractivity contribution is 7.89. The molecule has 0 saturated carbocycles. The normalized spacial score (nSPS) is 15.4. The van der Waals surface area contributed by atoms with Crippen molar-refractivity contribution in [2.24, 2.45) is 0 Å². The lowest BCUT2D eigenvalue weighted by molar-refractivity contribution is -0.116. The van der Waals surface area contributed by atoms with Crippen LogP contribution in [-0.2, 0) is 21.4 Å². The molecule has 7 nitrogen and oxygen atoms in total. The van der Waals surface area contributed by atoms with Crippen molar-refractivity contribution in [3.8, 4) is 0 Å². The van der Waals surface area contributed by atoms with Gasteiger partial charge >= 0.3 is 0 Å². The fraction of sp³-hybridized carbons (Fsp3) is 0.368. The molecule has 1 aromatic heterocycles. The van der Waals surface area contributed by atoms with E-state index in [4.69, 9.17) is 0 Å². The number of nitrogens with one attached hydrogen (secondary N) is 1. The number of amides is 1. The molecule has 2 aromatic rings. The molecule has 0 radical (unpaired) electrons. The van der Waals surface area contributed by atoms with Gasteiger partial charge in [-0.25, -0.2) is 8.42 Å². The molecule has 0 atom stereocenters. The minimum absolute atomic E-state index is 0.0346. The van der Waals surface area contributed by atoms with E-state index in [0.29, 0.717) is 18.8 Å². The van der Waals surface area contributed by atoms with E-state index >= 15 is 0 Å². The largest absolute Gasteiger partial charge is 0.325 e. The zero-order valence-electron chi connectivity index (χ0n) is 15.2. The second-order valence-corrected chi connectivity index (χ2v) is 8.65. The van der Waals surface area contributed by atoms with Gasteiger partial charge in [-0.05, 0) is 43.5 Å². The van der Waals surface area contributed by atoms with Crippen molar-refractivity contribution in [2.45, 2.75) is 37.6 Å². The highest BCUT2D eigenvalue weighted by atomic mass is 32.2. The van der Waals surface area contributed by atoms with Crippen LogP contribution in [0.15, 0.2) is 52.3 Å². The van der Waals surface area contributed by atoms with Crippen LogP contribution in [0.25, 0.3) is 0 Å². The Kier molecular flexibility index (Phi) is 5.76. The molecule has 1 aromatic carbocycles. The zero-order chi connectivity index (χ0) is 19.4. The van der Waals surface area contributed by atoms with E-state index in [9.17, 15) is 18.0 Å². The average Bonchev–Trinajstić information content (AvgIpc) is 2.64. The van der Waals surface area contributed by atoms with Gasteiger partial charge in [0.1, 0.15) is 6.54 Å². The van der Waals surface area contributed by atoms with Gasteiger partial charge in [0.2, 0.25) is 15.9 Å². The topological polar surface area (TPSA) is 88.5 Å². The predicted molar refractivity (Wildman–Crippen MR) is 103 cm³/mol. The first-order chi connectivity index (χ1) is 12.9. The number of piperidine rings is 1. The summed E-state index contributed by atoms with van der Waals surface area (Å²) in [5.74, 6) is -0.393. The van der Waals surface area contributed by atoms with Gasteiger partial charge in [0, 0.05) is 31.0 Å². The summed E-state index contributed by atoms with van der Waals surface area (Å²) in [6.45, 7) is 2.62. The number of benzene rings is 1. The Hall–Kier alpha value is -2.45. The molecule has 1 fully saturated rings. The number of hydrogen-bond acceptors (Lipinski definition) is 4. The summed E-state index contributed by atoms with van der Waals surface area (Å²) in [7, 11) is -3.66. The number of hydrogen-bond donors (Lipinski definition) is 1. The van der Waals surface area contributed by atoms with E-state index < -0.39 is 21.5 Å². The van der Waals surface area contributed by atoms with Gasteiger partial charge in [-0.3, -0.25) is 9.59 Å². The molecule has 1 aliphatic rings. The van der Waals surface area contributed by atoms with Crippen molar-refractivity contribution in [3.05, 3.63) is 58.5 Å². The van der Waals surface area contributed by atoms with Crippen LogP contribution < -0.4 is 10.9 Å². The Morgan fingerprint density at radius 3 is 2.56 bits per heavy atom. The standard InChI is InChI=1S/C19H23N3O4S/c1-15-6-5-7-16(12-15)20-18(23)14-21-13-17(8-9-19(21)24)27(25,26)22-10-3-2-4-11-22/h5-9,12-13H,2-4,10-11,14H2,1H3,(H,20,23). The van der Waals surface area contributed by atoms with Crippen LogP contribution in [0.1, 0.15) is 24.8 Å². The van der Waals surface area contributed by atoms with E-state index in [1.54, 1.807) is 6.07 Å². The van der Waals surface area contributed by atoms with Crippen LogP contribution in [-0.4, -0.2) is 36.3 Å². The quantitative estimate of drug-likeness (QED) is 0.847. The first-order valence-electron chi connectivity index (χ1n) is 8.93. The Balaban J connectivity index is 1.79. The Morgan fingerprint density at radius 2 is 1.85 bits per heavy atom. The first-order valence-corrected chi connectivity index (χ1v) is 10.4. The van der Waals surface area contributed by atoms with Gasteiger partial charge in [-0.15, -0.1) is 0 Å². The molecular weight excluding hydrogens is 366 g/mol. The molecule has 0 unspecified atom stereocenters. The molecule has 8 heteroatoms. The molecule has 1 N–H and O–H groups in total. The van der Waals surface area contributed by atoms with Crippen LogP contribution in [0.5, 0.6) is 0 Å². The molecule has 1 aliphatic heterocycles. The van der Waals surface area contributed by atoms with Crippen molar-refractivity contribution in [2.75, 3.05) is 18.4 Å². The van der Waals surface area contributed by atoms with E-state index in [1.807, 2.05) is 25.1 Å². The summed E-state index contributed by atoms with van der Waals surface area (Å²) in [5, 5.41) is 2.72. The number of aryl methyl sites for hydroxylation is 1. The van der Waals surface area contributed by atoms with E-state index in [-0.39, 0.29) is 11.4 Å². The summed E-state index contributed by atoms with van der Waals surface area (Å²) in [5.41, 5.74) is 1.21. The minimum atomic E-state index is -3.66. The first kappa shape index (κ1) is 19.3. The van der Waals surface area contributed by atoms with Crippen LogP contribution in [0.4, 0.5) is 5.69 Å². The summed E-state index contributed by atoms with van der Waals surface area (Å²) < 4.78 is 28.1. The number of nitrogens with zero attached hydrogens (tertiary/aromatic N) is 2. The SMILES string of the molecule is Cc1cccc(NC(=O)Cn2cc(S(=O)(=O)N3CCCCC3)ccc2=O)c1. The summed E-state index contributed by atoms with van der Waals surface area (Å²) >= 11 is 0. The lowest BCUT2D eigenvalue weighted by Crippen LogP contribution is -2.36.